The van der Waals surface area contributed by atoms with Gasteiger partial charge in [-0.25, -0.2) is 9.97 Å². The fourth-order valence-electron chi connectivity index (χ4n) is 7.20. The highest BCUT2D eigenvalue weighted by atomic mass is 32.1. The van der Waals surface area contributed by atoms with Crippen LogP contribution in [-0.2, 0) is 0 Å². The van der Waals surface area contributed by atoms with Crippen LogP contribution in [-0.4, -0.2) is 14.4 Å². The van der Waals surface area contributed by atoms with Crippen molar-refractivity contribution in [1.82, 2.24) is 14.4 Å². The van der Waals surface area contributed by atoms with Crippen LogP contribution in [0.15, 0.2) is 120 Å². The van der Waals surface area contributed by atoms with Crippen LogP contribution < -0.4 is 0 Å². The van der Waals surface area contributed by atoms with E-state index < -0.39 is 0 Å². The van der Waals surface area contributed by atoms with Gasteiger partial charge in [0.15, 0.2) is 11.2 Å². The van der Waals surface area contributed by atoms with E-state index in [0.717, 1.165) is 65.9 Å². The van der Waals surface area contributed by atoms with Gasteiger partial charge in [-0.1, -0.05) is 60.7 Å². The molecule has 0 aliphatic heterocycles. The Hall–Kier alpha value is -5.52. The van der Waals surface area contributed by atoms with E-state index in [0.29, 0.717) is 0 Å². The number of benzene rings is 6. The molecule has 0 aliphatic rings. The smallest absolute Gasteiger partial charge is 0.165 e. The Labute approximate surface area is 247 Å². The van der Waals surface area contributed by atoms with Crippen LogP contribution >= 0.6 is 11.3 Å². The molecule has 0 N–H and O–H groups in total. The van der Waals surface area contributed by atoms with E-state index in [-0.39, 0.29) is 0 Å². The maximum Gasteiger partial charge on any atom is 0.165 e. The van der Waals surface area contributed by atoms with Crippen molar-refractivity contribution in [2.75, 3.05) is 0 Å². The van der Waals surface area contributed by atoms with Gasteiger partial charge < -0.3 is 4.42 Å². The lowest BCUT2D eigenvalue weighted by atomic mass is 9.98. The van der Waals surface area contributed by atoms with Gasteiger partial charge >= 0.3 is 0 Å². The summed E-state index contributed by atoms with van der Waals surface area (Å²) in [7, 11) is 0. The largest absolute Gasteiger partial charge is 0.454 e. The van der Waals surface area contributed by atoms with Crippen LogP contribution in [0.2, 0.25) is 0 Å². The first kappa shape index (κ1) is 22.1. The van der Waals surface area contributed by atoms with Gasteiger partial charge in [-0.2, -0.15) is 0 Å². The van der Waals surface area contributed by atoms with Crippen molar-refractivity contribution in [3.8, 4) is 11.1 Å². The van der Waals surface area contributed by atoms with Gasteiger partial charge in [0.05, 0.1) is 22.1 Å². The maximum absolute atomic E-state index is 6.59. The molecule has 0 saturated carbocycles. The summed E-state index contributed by atoms with van der Waals surface area (Å²) in [6, 6.07) is 41.1. The minimum atomic E-state index is 0.859. The number of para-hydroxylation sites is 3. The Bertz CT molecular complexity index is 2960. The number of hydrogen-bond donors (Lipinski definition) is 0. The first-order valence-electron chi connectivity index (χ1n) is 14.4. The van der Waals surface area contributed by atoms with Gasteiger partial charge in [-0.15, -0.1) is 11.3 Å². The Kier molecular flexibility index (Phi) is 3.94. The Morgan fingerprint density at radius 2 is 1.23 bits per heavy atom. The van der Waals surface area contributed by atoms with E-state index in [1.807, 2.05) is 47.7 Å². The van der Waals surface area contributed by atoms with E-state index in [1.54, 1.807) is 0 Å². The SMILES string of the molecule is c1ccc2nc3c(nc2c1)c1cc(-c2ccc4sc5ccccc5c4c2)cc2c4ccc5c6ccccc6oc5c4n3c21. The predicted octanol–water partition coefficient (Wildman–Crippen LogP) is 10.7. The molecule has 11 rings (SSSR count). The van der Waals surface area contributed by atoms with Crippen LogP contribution in [0.4, 0.5) is 0 Å². The lowest BCUT2D eigenvalue weighted by molar-refractivity contribution is 0.671. The van der Waals surface area contributed by atoms with Crippen molar-refractivity contribution in [2.45, 2.75) is 0 Å². The fourth-order valence-corrected chi connectivity index (χ4v) is 8.28. The highest BCUT2D eigenvalue weighted by Crippen LogP contribution is 2.45. The van der Waals surface area contributed by atoms with Crippen molar-refractivity contribution >= 4 is 103 Å². The summed E-state index contributed by atoms with van der Waals surface area (Å²) in [5.41, 5.74) is 9.89. The second-order valence-corrected chi connectivity index (χ2v) is 12.5. The first-order chi connectivity index (χ1) is 21.3. The molecule has 43 heavy (non-hydrogen) atoms. The molecule has 0 fully saturated rings. The Morgan fingerprint density at radius 3 is 2.16 bits per heavy atom. The number of rotatable bonds is 1. The van der Waals surface area contributed by atoms with E-state index in [9.17, 15) is 0 Å². The number of nitrogens with zero attached hydrogens (tertiary/aromatic N) is 3. The third kappa shape index (κ3) is 2.75. The molecule has 0 amide bonds. The second kappa shape index (κ2) is 7.65. The molecule has 11 aromatic rings. The molecule has 0 saturated heterocycles. The maximum atomic E-state index is 6.59. The molecule has 5 heterocycles. The van der Waals surface area contributed by atoms with Gasteiger partial charge in [0.2, 0.25) is 0 Å². The van der Waals surface area contributed by atoms with E-state index >= 15 is 0 Å². The first-order valence-corrected chi connectivity index (χ1v) is 15.2. The summed E-state index contributed by atoms with van der Waals surface area (Å²) >= 11 is 1.85. The van der Waals surface area contributed by atoms with Crippen LogP contribution in [0.3, 0.4) is 0 Å². The molecule has 5 aromatic heterocycles. The molecule has 0 spiro atoms. The average Bonchev–Trinajstić information content (AvgIpc) is 3.79. The minimum Gasteiger partial charge on any atom is -0.454 e. The lowest BCUT2D eigenvalue weighted by Gasteiger charge is -2.05. The quantitative estimate of drug-likeness (QED) is 0.199. The molecule has 198 valence electrons. The van der Waals surface area contributed by atoms with Gasteiger partial charge in [0, 0.05) is 47.1 Å². The topological polar surface area (TPSA) is 43.3 Å². The van der Waals surface area contributed by atoms with Gasteiger partial charge in [0.25, 0.3) is 0 Å². The lowest BCUT2D eigenvalue weighted by Crippen LogP contribution is -1.89. The molecular formula is C38H19N3OS. The van der Waals surface area contributed by atoms with E-state index in [1.165, 1.54) is 36.7 Å². The molecule has 0 bridgehead atoms. The number of aromatic nitrogens is 3. The molecular weight excluding hydrogens is 547 g/mol. The molecule has 0 unspecified atom stereocenters. The number of hydrogen-bond acceptors (Lipinski definition) is 4. The van der Waals surface area contributed by atoms with Crippen molar-refractivity contribution in [3.63, 3.8) is 0 Å². The van der Waals surface area contributed by atoms with Crippen molar-refractivity contribution in [1.29, 1.82) is 0 Å². The van der Waals surface area contributed by atoms with E-state index in [4.69, 9.17) is 14.4 Å². The van der Waals surface area contributed by atoms with Gasteiger partial charge in [-0.05, 0) is 65.7 Å². The molecule has 6 aromatic carbocycles. The standard InChI is InChI=1S/C38H19N3OS/c1-5-11-31-22(7-1)25-15-14-24-27-18-21(20-13-16-33-26(17-20)23-8-2-6-12-32(23)43-33)19-28-34-38(40-30-10-4-3-9-29(30)39-34)41(35(27)28)36(24)37(25)42-31/h1-19H. The number of furan rings is 1. The van der Waals surface area contributed by atoms with Crippen LogP contribution in [0, 0.1) is 0 Å². The highest BCUT2D eigenvalue weighted by Gasteiger charge is 2.24. The summed E-state index contributed by atoms with van der Waals surface area (Å²) in [6.45, 7) is 0. The summed E-state index contributed by atoms with van der Waals surface area (Å²) in [4.78, 5) is 10.4. The van der Waals surface area contributed by atoms with Gasteiger partial charge in [0.1, 0.15) is 11.1 Å². The minimum absolute atomic E-state index is 0.859. The second-order valence-electron chi connectivity index (χ2n) is 11.4. The predicted molar refractivity (Wildman–Crippen MR) is 180 cm³/mol. The van der Waals surface area contributed by atoms with Crippen LogP contribution in [0.1, 0.15) is 0 Å². The molecule has 4 nitrogen and oxygen atoms in total. The molecule has 5 heteroatoms. The zero-order valence-electron chi connectivity index (χ0n) is 22.6. The van der Waals surface area contributed by atoms with Crippen molar-refractivity contribution in [2.24, 2.45) is 0 Å². The summed E-state index contributed by atoms with van der Waals surface area (Å²) in [6.07, 6.45) is 0. The average molecular weight is 566 g/mol. The Morgan fingerprint density at radius 1 is 0.512 bits per heavy atom. The monoisotopic (exact) mass is 565 g/mol. The number of fused-ring (bicyclic) bond motifs is 14. The van der Waals surface area contributed by atoms with Gasteiger partial charge in [-0.3, -0.25) is 4.40 Å². The van der Waals surface area contributed by atoms with Crippen LogP contribution in [0.25, 0.3) is 103 Å². The highest BCUT2D eigenvalue weighted by molar-refractivity contribution is 7.25. The zero-order valence-corrected chi connectivity index (χ0v) is 23.4. The summed E-state index contributed by atoms with van der Waals surface area (Å²) in [5.74, 6) is 0. The Balaban J connectivity index is 1.33. The van der Waals surface area contributed by atoms with Crippen LogP contribution in [0.5, 0.6) is 0 Å². The third-order valence-corrected chi connectivity index (χ3v) is 10.2. The van der Waals surface area contributed by atoms with Crippen molar-refractivity contribution in [3.05, 3.63) is 115 Å². The van der Waals surface area contributed by atoms with Crippen molar-refractivity contribution < 1.29 is 4.42 Å². The number of thiophene rings is 1. The third-order valence-electron chi connectivity index (χ3n) is 9.10. The fraction of sp³-hybridized carbons (Fsp3) is 0. The molecule has 0 aliphatic carbocycles. The normalized spacial score (nSPS) is 12.7. The summed E-state index contributed by atoms with van der Waals surface area (Å²) < 4.78 is 11.5. The zero-order chi connectivity index (χ0) is 27.8. The summed E-state index contributed by atoms with van der Waals surface area (Å²) in [5, 5.41) is 8.29. The van der Waals surface area contributed by atoms with E-state index in [2.05, 4.69) is 83.3 Å². The molecule has 0 atom stereocenters. The molecule has 0 radical (unpaired) electrons.